The summed E-state index contributed by atoms with van der Waals surface area (Å²) in [4.78, 5) is 21.1. The lowest BCUT2D eigenvalue weighted by atomic mass is 10.2. The maximum absolute atomic E-state index is 6.28. The zero-order valence-electron chi connectivity index (χ0n) is 13.7. The number of hydrogen-bond acceptors (Lipinski definition) is 5. The van der Waals surface area contributed by atoms with Crippen molar-refractivity contribution in [3.8, 4) is 11.4 Å². The van der Waals surface area contributed by atoms with Gasteiger partial charge in [0.15, 0.2) is 5.82 Å². The molecule has 0 saturated heterocycles. The van der Waals surface area contributed by atoms with Crippen LogP contribution in [0.5, 0.6) is 0 Å². The van der Waals surface area contributed by atoms with E-state index in [0.29, 0.717) is 28.3 Å². The Hall–Kier alpha value is -2.99. The minimum Gasteiger partial charge on any atom is -0.338 e. The normalized spacial score (nSPS) is 11.0. The lowest BCUT2D eigenvalue weighted by molar-refractivity contribution is 1.01. The number of anilines is 2. The van der Waals surface area contributed by atoms with E-state index in [4.69, 9.17) is 11.6 Å². The number of aromatic nitrogens is 5. The number of rotatable bonds is 3. The van der Waals surface area contributed by atoms with Crippen molar-refractivity contribution >= 4 is 34.3 Å². The SMILES string of the molecule is Cc1cc(Nc2nccc3[nH]c(-c4ccccc4Cl)nc23)nc(C)n1. The van der Waals surface area contributed by atoms with Gasteiger partial charge in [-0.05, 0) is 32.0 Å². The van der Waals surface area contributed by atoms with Crippen LogP contribution in [0.15, 0.2) is 42.6 Å². The Balaban J connectivity index is 1.79. The maximum atomic E-state index is 6.28. The standard InChI is InChI=1S/C18H15ClN6/c1-10-9-15(22-11(2)21-10)24-18-16-14(7-8-20-18)23-17(25-16)12-5-3-4-6-13(12)19/h3-9H,1-2H3,(H,23,25)(H,20,21,22,24). The van der Waals surface area contributed by atoms with Gasteiger partial charge in [0.2, 0.25) is 0 Å². The number of halogens is 1. The molecule has 0 aliphatic carbocycles. The molecule has 2 N–H and O–H groups in total. The lowest BCUT2D eigenvalue weighted by Crippen LogP contribution is -2.00. The number of imidazole rings is 1. The Morgan fingerprint density at radius 1 is 1.04 bits per heavy atom. The first-order valence-corrected chi connectivity index (χ1v) is 8.17. The summed E-state index contributed by atoms with van der Waals surface area (Å²) in [6.45, 7) is 3.79. The van der Waals surface area contributed by atoms with Crippen molar-refractivity contribution in [3.63, 3.8) is 0 Å². The topological polar surface area (TPSA) is 79.4 Å². The van der Waals surface area contributed by atoms with Gasteiger partial charge in [0.25, 0.3) is 0 Å². The van der Waals surface area contributed by atoms with Crippen molar-refractivity contribution in [3.05, 3.63) is 59.1 Å². The summed E-state index contributed by atoms with van der Waals surface area (Å²) < 4.78 is 0. The molecule has 4 aromatic rings. The van der Waals surface area contributed by atoms with Crippen LogP contribution in [0, 0.1) is 13.8 Å². The fourth-order valence-corrected chi connectivity index (χ4v) is 2.94. The minimum absolute atomic E-state index is 0.629. The fraction of sp³-hybridized carbons (Fsp3) is 0.111. The molecule has 1 aromatic carbocycles. The van der Waals surface area contributed by atoms with E-state index in [1.807, 2.05) is 50.2 Å². The predicted octanol–water partition coefficient (Wildman–Crippen LogP) is 4.43. The molecule has 25 heavy (non-hydrogen) atoms. The number of fused-ring (bicyclic) bond motifs is 1. The van der Waals surface area contributed by atoms with E-state index in [-0.39, 0.29) is 0 Å². The maximum Gasteiger partial charge on any atom is 0.159 e. The van der Waals surface area contributed by atoms with E-state index < -0.39 is 0 Å². The lowest BCUT2D eigenvalue weighted by Gasteiger charge is -2.06. The molecule has 0 radical (unpaired) electrons. The van der Waals surface area contributed by atoms with Crippen molar-refractivity contribution in [2.24, 2.45) is 0 Å². The van der Waals surface area contributed by atoms with Gasteiger partial charge in [-0.3, -0.25) is 0 Å². The highest BCUT2D eigenvalue weighted by Gasteiger charge is 2.12. The van der Waals surface area contributed by atoms with Crippen molar-refractivity contribution < 1.29 is 0 Å². The number of aryl methyl sites for hydroxylation is 2. The van der Waals surface area contributed by atoms with Gasteiger partial charge in [-0.15, -0.1) is 0 Å². The third kappa shape index (κ3) is 3.04. The molecule has 0 atom stereocenters. The molecule has 0 amide bonds. The van der Waals surface area contributed by atoms with E-state index >= 15 is 0 Å². The van der Waals surface area contributed by atoms with Gasteiger partial charge >= 0.3 is 0 Å². The summed E-state index contributed by atoms with van der Waals surface area (Å²) in [6.07, 6.45) is 1.72. The van der Waals surface area contributed by atoms with E-state index in [1.54, 1.807) is 6.20 Å². The van der Waals surface area contributed by atoms with E-state index in [9.17, 15) is 0 Å². The Kier molecular flexibility index (Phi) is 3.82. The molecular weight excluding hydrogens is 336 g/mol. The first-order valence-electron chi connectivity index (χ1n) is 7.79. The largest absolute Gasteiger partial charge is 0.338 e. The number of benzene rings is 1. The average Bonchev–Trinajstić information content (AvgIpc) is 2.99. The Morgan fingerprint density at radius 2 is 1.88 bits per heavy atom. The van der Waals surface area contributed by atoms with E-state index in [1.165, 1.54) is 0 Å². The summed E-state index contributed by atoms with van der Waals surface area (Å²) in [5.74, 6) is 2.72. The van der Waals surface area contributed by atoms with Gasteiger partial charge in [0.1, 0.15) is 23.0 Å². The van der Waals surface area contributed by atoms with Crippen LogP contribution in [-0.2, 0) is 0 Å². The number of pyridine rings is 1. The highest BCUT2D eigenvalue weighted by molar-refractivity contribution is 6.33. The smallest absolute Gasteiger partial charge is 0.159 e. The van der Waals surface area contributed by atoms with Crippen LogP contribution in [0.1, 0.15) is 11.5 Å². The second-order valence-corrected chi connectivity index (χ2v) is 6.09. The highest BCUT2D eigenvalue weighted by atomic mass is 35.5. The average molecular weight is 351 g/mol. The van der Waals surface area contributed by atoms with Crippen molar-refractivity contribution in [2.75, 3.05) is 5.32 Å². The molecule has 0 saturated carbocycles. The molecule has 0 fully saturated rings. The molecule has 3 aromatic heterocycles. The van der Waals surface area contributed by atoms with Crippen LogP contribution in [-0.4, -0.2) is 24.9 Å². The van der Waals surface area contributed by atoms with Gasteiger partial charge in [0.05, 0.1) is 10.5 Å². The summed E-state index contributed by atoms with van der Waals surface area (Å²) in [7, 11) is 0. The number of aromatic amines is 1. The molecular formula is C18H15ClN6. The van der Waals surface area contributed by atoms with Gasteiger partial charge in [-0.25, -0.2) is 19.9 Å². The molecule has 0 spiro atoms. The zero-order chi connectivity index (χ0) is 17.4. The van der Waals surface area contributed by atoms with Crippen molar-refractivity contribution in [1.82, 2.24) is 24.9 Å². The Labute approximate surface area is 149 Å². The van der Waals surface area contributed by atoms with Gasteiger partial charge in [0, 0.05) is 23.5 Å². The summed E-state index contributed by atoms with van der Waals surface area (Å²) in [5.41, 5.74) is 3.34. The quantitative estimate of drug-likeness (QED) is 0.571. The van der Waals surface area contributed by atoms with Crippen molar-refractivity contribution in [1.29, 1.82) is 0 Å². The summed E-state index contributed by atoms with van der Waals surface area (Å²) in [5, 5.41) is 3.87. The van der Waals surface area contributed by atoms with Crippen LogP contribution in [0.25, 0.3) is 22.4 Å². The van der Waals surface area contributed by atoms with Crippen LogP contribution >= 0.6 is 11.6 Å². The molecule has 0 bridgehead atoms. The molecule has 0 unspecified atom stereocenters. The molecule has 0 aliphatic heterocycles. The van der Waals surface area contributed by atoms with E-state index in [0.717, 1.165) is 22.3 Å². The molecule has 0 aliphatic rings. The van der Waals surface area contributed by atoms with Gasteiger partial charge < -0.3 is 10.3 Å². The molecule has 7 heteroatoms. The molecule has 4 rings (SSSR count). The number of H-pyrrole nitrogens is 1. The van der Waals surface area contributed by atoms with Crippen LogP contribution in [0.2, 0.25) is 5.02 Å². The number of nitrogens with zero attached hydrogens (tertiary/aromatic N) is 4. The summed E-state index contributed by atoms with van der Waals surface area (Å²) in [6, 6.07) is 11.3. The van der Waals surface area contributed by atoms with Gasteiger partial charge in [-0.1, -0.05) is 23.7 Å². The third-order valence-corrected chi connectivity index (χ3v) is 4.07. The molecule has 6 nitrogen and oxygen atoms in total. The molecule has 3 heterocycles. The van der Waals surface area contributed by atoms with Crippen LogP contribution in [0.4, 0.5) is 11.6 Å². The van der Waals surface area contributed by atoms with E-state index in [2.05, 4.69) is 30.2 Å². The molecule has 124 valence electrons. The monoisotopic (exact) mass is 350 g/mol. The number of hydrogen-bond donors (Lipinski definition) is 2. The zero-order valence-corrected chi connectivity index (χ0v) is 14.5. The fourth-order valence-electron chi connectivity index (χ4n) is 2.71. The van der Waals surface area contributed by atoms with Crippen LogP contribution in [0.3, 0.4) is 0 Å². The second-order valence-electron chi connectivity index (χ2n) is 5.69. The number of nitrogens with one attached hydrogen (secondary N) is 2. The Bertz CT molecular complexity index is 1050. The summed E-state index contributed by atoms with van der Waals surface area (Å²) >= 11 is 6.28. The van der Waals surface area contributed by atoms with Crippen LogP contribution < -0.4 is 5.32 Å². The van der Waals surface area contributed by atoms with Crippen molar-refractivity contribution in [2.45, 2.75) is 13.8 Å². The minimum atomic E-state index is 0.629. The predicted molar refractivity (Wildman–Crippen MR) is 99.1 cm³/mol. The first kappa shape index (κ1) is 15.5. The highest BCUT2D eigenvalue weighted by Crippen LogP contribution is 2.29. The Morgan fingerprint density at radius 3 is 2.68 bits per heavy atom. The first-order chi connectivity index (χ1) is 12.1. The second kappa shape index (κ2) is 6.14. The third-order valence-electron chi connectivity index (χ3n) is 3.74. The van der Waals surface area contributed by atoms with Gasteiger partial charge in [-0.2, -0.15) is 0 Å².